The van der Waals surface area contributed by atoms with E-state index in [1.54, 1.807) is 0 Å². The molecule has 2 heterocycles. The molecule has 7 heteroatoms. The van der Waals surface area contributed by atoms with Gasteiger partial charge in [0.05, 0.1) is 24.6 Å². The van der Waals surface area contributed by atoms with Crippen molar-refractivity contribution in [1.29, 1.82) is 0 Å². The second-order valence-corrected chi connectivity index (χ2v) is 6.60. The van der Waals surface area contributed by atoms with Gasteiger partial charge in [-0.1, -0.05) is 30.3 Å². The van der Waals surface area contributed by atoms with Crippen LogP contribution in [-0.4, -0.2) is 30.9 Å². The first-order valence-electron chi connectivity index (χ1n) is 8.55. The Hall–Kier alpha value is -3.06. The lowest BCUT2D eigenvalue weighted by Gasteiger charge is -2.21. The van der Waals surface area contributed by atoms with E-state index in [9.17, 15) is 18.8 Å². The number of carbonyl (C=O) groups excluding carboxylic acids is 3. The van der Waals surface area contributed by atoms with Crippen LogP contribution in [0.25, 0.3) is 0 Å². The lowest BCUT2D eigenvalue weighted by Crippen LogP contribution is -2.43. The summed E-state index contributed by atoms with van der Waals surface area (Å²) in [5.74, 6) is -3.57. The van der Waals surface area contributed by atoms with Crippen LogP contribution < -0.4 is 10.2 Å². The number of carbonyl (C=O) groups is 3. The molecule has 2 aliphatic rings. The van der Waals surface area contributed by atoms with Gasteiger partial charge in [0.15, 0.2) is 0 Å². The zero-order valence-corrected chi connectivity index (χ0v) is 14.5. The van der Waals surface area contributed by atoms with Gasteiger partial charge in [0, 0.05) is 6.04 Å². The highest BCUT2D eigenvalue weighted by Gasteiger charge is 2.61. The SMILES string of the molecule is COC(=O)[C@@H]1N[C@H](c2ccccc2)[C@@H]2C(=O)N(c3ccc(F)cc3)C(=O)[C@@H]21. The lowest BCUT2D eigenvalue weighted by atomic mass is 9.86. The number of methoxy groups -OCH3 is 1. The van der Waals surface area contributed by atoms with Gasteiger partial charge in [-0.3, -0.25) is 19.7 Å². The fourth-order valence-corrected chi connectivity index (χ4v) is 3.96. The maximum atomic E-state index is 13.2. The summed E-state index contributed by atoms with van der Waals surface area (Å²) in [7, 11) is 1.24. The van der Waals surface area contributed by atoms with E-state index >= 15 is 0 Å². The van der Waals surface area contributed by atoms with Crippen molar-refractivity contribution < 1.29 is 23.5 Å². The highest BCUT2D eigenvalue weighted by molar-refractivity contribution is 6.23. The van der Waals surface area contributed by atoms with Crippen LogP contribution in [0.3, 0.4) is 0 Å². The van der Waals surface area contributed by atoms with Crippen LogP contribution in [0.4, 0.5) is 10.1 Å². The summed E-state index contributed by atoms with van der Waals surface area (Å²) in [4.78, 5) is 39.5. The van der Waals surface area contributed by atoms with Crippen molar-refractivity contribution in [2.75, 3.05) is 12.0 Å². The molecule has 0 bridgehead atoms. The second kappa shape index (κ2) is 6.59. The molecule has 0 aromatic heterocycles. The molecule has 2 fully saturated rings. The van der Waals surface area contributed by atoms with E-state index in [0.717, 1.165) is 10.5 Å². The fraction of sp³-hybridized carbons (Fsp3) is 0.250. The van der Waals surface area contributed by atoms with Crippen LogP contribution in [0.1, 0.15) is 11.6 Å². The topological polar surface area (TPSA) is 75.7 Å². The standard InChI is InChI=1S/C20H17FN2O4/c1-27-20(26)17-15-14(16(22-17)11-5-3-2-4-6-11)18(24)23(19(15)25)13-9-7-12(21)8-10-13/h2-10,14-17,22H,1H3/t14-,15+,16-,17-/m1/s1. The number of anilines is 1. The number of hydrogen-bond donors (Lipinski definition) is 1. The summed E-state index contributed by atoms with van der Waals surface area (Å²) in [6, 6.07) is 12.9. The third-order valence-corrected chi connectivity index (χ3v) is 5.17. The average Bonchev–Trinajstić information content (AvgIpc) is 3.20. The van der Waals surface area contributed by atoms with Crippen molar-refractivity contribution >= 4 is 23.5 Å². The molecule has 2 amide bonds. The number of benzene rings is 2. The highest BCUT2D eigenvalue weighted by Crippen LogP contribution is 2.45. The molecule has 0 unspecified atom stereocenters. The molecule has 0 aliphatic carbocycles. The fourth-order valence-electron chi connectivity index (χ4n) is 3.96. The number of nitrogens with one attached hydrogen (secondary N) is 1. The minimum Gasteiger partial charge on any atom is -0.468 e. The number of halogens is 1. The lowest BCUT2D eigenvalue weighted by molar-refractivity contribution is -0.145. The van der Waals surface area contributed by atoms with Gasteiger partial charge in [0.1, 0.15) is 11.9 Å². The number of hydrogen-bond acceptors (Lipinski definition) is 5. The maximum Gasteiger partial charge on any atom is 0.323 e. The van der Waals surface area contributed by atoms with E-state index in [-0.39, 0.29) is 5.69 Å². The van der Waals surface area contributed by atoms with Crippen molar-refractivity contribution in [3.63, 3.8) is 0 Å². The quantitative estimate of drug-likeness (QED) is 0.661. The van der Waals surface area contributed by atoms with Gasteiger partial charge in [-0.05, 0) is 29.8 Å². The first kappa shape index (κ1) is 17.4. The van der Waals surface area contributed by atoms with Crippen molar-refractivity contribution in [2.24, 2.45) is 11.8 Å². The summed E-state index contributed by atoms with van der Waals surface area (Å²) in [5, 5.41) is 3.10. The molecule has 27 heavy (non-hydrogen) atoms. The summed E-state index contributed by atoms with van der Waals surface area (Å²) in [6.45, 7) is 0. The van der Waals surface area contributed by atoms with Gasteiger partial charge in [-0.15, -0.1) is 0 Å². The Morgan fingerprint density at radius 2 is 1.63 bits per heavy atom. The average molecular weight is 368 g/mol. The summed E-state index contributed by atoms with van der Waals surface area (Å²) in [6.07, 6.45) is 0. The second-order valence-electron chi connectivity index (χ2n) is 6.60. The molecule has 1 N–H and O–H groups in total. The van der Waals surface area contributed by atoms with Gasteiger partial charge in [0.25, 0.3) is 0 Å². The first-order valence-corrected chi connectivity index (χ1v) is 8.55. The molecule has 2 aromatic rings. The summed E-state index contributed by atoms with van der Waals surface area (Å²) >= 11 is 0. The van der Waals surface area contributed by atoms with E-state index in [2.05, 4.69) is 5.32 Å². The van der Waals surface area contributed by atoms with Crippen LogP contribution in [0.5, 0.6) is 0 Å². The van der Waals surface area contributed by atoms with Crippen LogP contribution in [0.15, 0.2) is 54.6 Å². The van der Waals surface area contributed by atoms with Gasteiger partial charge in [0.2, 0.25) is 11.8 Å². The van der Waals surface area contributed by atoms with Crippen LogP contribution in [-0.2, 0) is 19.1 Å². The number of fused-ring (bicyclic) bond motifs is 1. The number of ether oxygens (including phenoxy) is 1. The number of esters is 1. The monoisotopic (exact) mass is 368 g/mol. The molecule has 6 nitrogen and oxygen atoms in total. The van der Waals surface area contributed by atoms with Crippen LogP contribution in [0, 0.1) is 17.7 Å². The molecule has 0 spiro atoms. The smallest absolute Gasteiger partial charge is 0.323 e. The number of nitrogens with zero attached hydrogens (tertiary/aromatic N) is 1. The molecule has 0 radical (unpaired) electrons. The predicted molar refractivity (Wildman–Crippen MR) is 94.0 cm³/mol. The molecule has 2 aromatic carbocycles. The van der Waals surface area contributed by atoms with Crippen LogP contribution >= 0.6 is 0 Å². The van der Waals surface area contributed by atoms with Gasteiger partial charge in [-0.25, -0.2) is 9.29 Å². The van der Waals surface area contributed by atoms with Crippen molar-refractivity contribution in [3.05, 3.63) is 66.0 Å². The van der Waals surface area contributed by atoms with Gasteiger partial charge < -0.3 is 4.74 Å². The Balaban J connectivity index is 1.77. The first-order chi connectivity index (χ1) is 13.0. The van der Waals surface area contributed by atoms with Gasteiger partial charge >= 0.3 is 5.97 Å². The molecule has 4 atom stereocenters. The molecule has 2 saturated heterocycles. The summed E-state index contributed by atoms with van der Waals surface area (Å²) < 4.78 is 18.1. The van der Waals surface area contributed by atoms with E-state index in [4.69, 9.17) is 4.74 Å². The van der Waals surface area contributed by atoms with E-state index in [1.165, 1.54) is 31.4 Å². The van der Waals surface area contributed by atoms with E-state index < -0.39 is 47.5 Å². The van der Waals surface area contributed by atoms with Gasteiger partial charge in [-0.2, -0.15) is 0 Å². The number of amides is 2. The molecule has 138 valence electrons. The zero-order valence-electron chi connectivity index (χ0n) is 14.5. The molecule has 2 aliphatic heterocycles. The minimum atomic E-state index is -0.924. The van der Waals surface area contributed by atoms with Crippen molar-refractivity contribution in [2.45, 2.75) is 12.1 Å². The summed E-state index contributed by atoms with van der Waals surface area (Å²) in [5.41, 5.74) is 1.09. The Labute approximate surface area is 154 Å². The normalized spacial score (nSPS) is 27.0. The molecular weight excluding hydrogens is 351 g/mol. The Morgan fingerprint density at radius 1 is 1.00 bits per heavy atom. The minimum absolute atomic E-state index is 0.288. The van der Waals surface area contributed by atoms with E-state index in [1.807, 2.05) is 30.3 Å². The third-order valence-electron chi connectivity index (χ3n) is 5.17. The number of rotatable bonds is 3. The largest absolute Gasteiger partial charge is 0.468 e. The third kappa shape index (κ3) is 2.71. The molecule has 4 rings (SSSR count). The molecular formula is C20H17FN2O4. The Morgan fingerprint density at radius 3 is 2.26 bits per heavy atom. The molecule has 0 saturated carbocycles. The van der Waals surface area contributed by atoms with E-state index in [0.29, 0.717) is 0 Å². The maximum absolute atomic E-state index is 13.2. The predicted octanol–water partition coefficient (Wildman–Crippen LogP) is 1.82. The van der Waals surface area contributed by atoms with Crippen LogP contribution in [0.2, 0.25) is 0 Å². The Bertz CT molecular complexity index is 900. The van der Waals surface area contributed by atoms with Crippen molar-refractivity contribution in [3.8, 4) is 0 Å². The number of imide groups is 1. The highest BCUT2D eigenvalue weighted by atomic mass is 19.1. The Kier molecular flexibility index (Phi) is 4.24. The zero-order chi connectivity index (χ0) is 19.1. The van der Waals surface area contributed by atoms with Crippen molar-refractivity contribution in [1.82, 2.24) is 5.32 Å².